The summed E-state index contributed by atoms with van der Waals surface area (Å²) in [4.78, 5) is 4.13. The second-order valence-corrected chi connectivity index (χ2v) is 3.75. The summed E-state index contributed by atoms with van der Waals surface area (Å²) in [6, 6.07) is 3.29. The quantitative estimate of drug-likeness (QED) is 0.446. The smallest absolute Gasteiger partial charge is 0.127 e. The summed E-state index contributed by atoms with van der Waals surface area (Å²) in [6.07, 6.45) is 0. The fraction of sp³-hybridized carbons (Fsp3) is 0.500. The first-order valence-corrected chi connectivity index (χ1v) is 4.91. The topological polar surface area (TPSA) is 112 Å². The number of rotatable bonds is 5. The number of nitrogen functional groups attached to an aromatic ring is 1. The largest absolute Gasteiger partial charge is 0.397 e. The molecule has 0 aromatic carbocycles. The summed E-state index contributed by atoms with van der Waals surface area (Å²) < 4.78 is 0. The fourth-order valence-corrected chi connectivity index (χ4v) is 1.18. The van der Waals surface area contributed by atoms with E-state index in [0.717, 1.165) is 0 Å². The Hall–Kier alpha value is -1.37. The van der Waals surface area contributed by atoms with Gasteiger partial charge in [0.2, 0.25) is 0 Å². The lowest BCUT2D eigenvalue weighted by Crippen LogP contribution is -2.49. The van der Waals surface area contributed by atoms with Crippen LogP contribution in [0.2, 0.25) is 0 Å². The zero-order valence-electron chi connectivity index (χ0n) is 9.14. The highest BCUT2D eigenvalue weighted by atomic mass is 16.3. The van der Waals surface area contributed by atoms with Crippen LogP contribution in [0.4, 0.5) is 11.5 Å². The van der Waals surface area contributed by atoms with E-state index in [1.165, 1.54) is 0 Å². The summed E-state index contributed by atoms with van der Waals surface area (Å²) in [5, 5.41) is 30.2. The van der Waals surface area contributed by atoms with Crippen molar-refractivity contribution in [2.45, 2.75) is 12.5 Å². The van der Waals surface area contributed by atoms with Gasteiger partial charge in [0.25, 0.3) is 0 Å². The van der Waals surface area contributed by atoms with Crippen molar-refractivity contribution >= 4 is 11.5 Å². The summed E-state index contributed by atoms with van der Waals surface area (Å²) in [5.74, 6) is 0.448. The van der Waals surface area contributed by atoms with Crippen molar-refractivity contribution in [1.82, 2.24) is 4.98 Å². The lowest BCUT2D eigenvalue weighted by atomic mass is 10.0. The molecule has 1 aromatic heterocycles. The van der Waals surface area contributed by atoms with Gasteiger partial charge in [-0.1, -0.05) is 0 Å². The van der Waals surface area contributed by atoms with Gasteiger partial charge in [-0.15, -0.1) is 0 Å². The van der Waals surface area contributed by atoms with E-state index in [1.54, 1.807) is 19.1 Å². The van der Waals surface area contributed by atoms with E-state index in [1.807, 2.05) is 0 Å². The second-order valence-electron chi connectivity index (χ2n) is 3.75. The molecule has 0 aliphatic carbocycles. The second kappa shape index (κ2) is 5.11. The number of hydrogen-bond acceptors (Lipinski definition) is 6. The summed E-state index contributed by atoms with van der Waals surface area (Å²) >= 11 is 0. The summed E-state index contributed by atoms with van der Waals surface area (Å²) in [5.41, 5.74) is 5.65. The molecule has 6 nitrogen and oxygen atoms in total. The van der Waals surface area contributed by atoms with E-state index < -0.39 is 25.4 Å². The van der Waals surface area contributed by atoms with Crippen LogP contribution in [-0.2, 0) is 0 Å². The number of anilines is 2. The van der Waals surface area contributed by atoms with Crippen molar-refractivity contribution in [3.8, 4) is 0 Å². The molecular formula is C10H17N3O3. The highest BCUT2D eigenvalue weighted by Crippen LogP contribution is 2.16. The number of nitrogens with two attached hydrogens (primary N) is 1. The highest BCUT2D eigenvalue weighted by Gasteiger charge is 2.28. The van der Waals surface area contributed by atoms with Gasteiger partial charge in [-0.2, -0.15) is 0 Å². The van der Waals surface area contributed by atoms with Crippen LogP contribution in [0.5, 0.6) is 0 Å². The van der Waals surface area contributed by atoms with Gasteiger partial charge >= 0.3 is 0 Å². The van der Waals surface area contributed by atoms with Crippen LogP contribution in [0.15, 0.2) is 12.1 Å². The predicted octanol–water partition coefficient (Wildman–Crippen LogP) is -0.900. The maximum Gasteiger partial charge on any atom is 0.127 e. The Morgan fingerprint density at radius 3 is 2.25 bits per heavy atom. The van der Waals surface area contributed by atoms with Crippen LogP contribution in [0.1, 0.15) is 5.69 Å². The average molecular weight is 227 g/mol. The molecule has 6 heteroatoms. The molecule has 1 aromatic rings. The molecule has 90 valence electrons. The van der Waals surface area contributed by atoms with E-state index in [0.29, 0.717) is 17.2 Å². The van der Waals surface area contributed by atoms with Crippen molar-refractivity contribution in [2.75, 3.05) is 30.9 Å². The Bertz CT molecular complexity index is 345. The number of nitrogens with zero attached hydrogens (tertiary/aromatic N) is 1. The van der Waals surface area contributed by atoms with Gasteiger partial charge in [-0.25, -0.2) is 4.98 Å². The number of aryl methyl sites for hydroxylation is 1. The van der Waals surface area contributed by atoms with Gasteiger partial charge < -0.3 is 26.4 Å². The van der Waals surface area contributed by atoms with E-state index in [-0.39, 0.29) is 0 Å². The molecule has 16 heavy (non-hydrogen) atoms. The molecule has 0 radical (unpaired) electrons. The zero-order chi connectivity index (χ0) is 12.2. The van der Waals surface area contributed by atoms with Crippen LogP contribution in [-0.4, -0.2) is 45.7 Å². The van der Waals surface area contributed by atoms with Gasteiger partial charge in [0.05, 0.1) is 31.2 Å². The Labute approximate surface area is 93.7 Å². The first-order valence-electron chi connectivity index (χ1n) is 4.91. The third kappa shape index (κ3) is 2.60. The van der Waals surface area contributed by atoms with Crippen LogP contribution in [0, 0.1) is 6.92 Å². The minimum Gasteiger partial charge on any atom is -0.397 e. The molecule has 0 atom stereocenters. The minimum atomic E-state index is -1.17. The van der Waals surface area contributed by atoms with E-state index in [9.17, 15) is 0 Å². The monoisotopic (exact) mass is 227 g/mol. The lowest BCUT2D eigenvalue weighted by Gasteiger charge is -2.29. The molecule has 0 amide bonds. The van der Waals surface area contributed by atoms with Gasteiger partial charge in [0.15, 0.2) is 0 Å². The molecule has 0 saturated carbocycles. The Morgan fingerprint density at radius 1 is 1.25 bits per heavy atom. The average Bonchev–Trinajstić information content (AvgIpc) is 2.31. The van der Waals surface area contributed by atoms with Gasteiger partial charge in [-0.3, -0.25) is 0 Å². The van der Waals surface area contributed by atoms with Gasteiger partial charge in [0.1, 0.15) is 11.4 Å². The number of pyridine rings is 1. The summed E-state index contributed by atoms with van der Waals surface area (Å²) in [7, 11) is 0. The fourth-order valence-electron chi connectivity index (χ4n) is 1.18. The number of aromatic nitrogens is 1. The maximum atomic E-state index is 9.13. The first-order chi connectivity index (χ1) is 7.56. The zero-order valence-corrected chi connectivity index (χ0v) is 9.14. The van der Waals surface area contributed by atoms with Crippen molar-refractivity contribution in [1.29, 1.82) is 0 Å². The maximum absolute atomic E-state index is 9.13. The van der Waals surface area contributed by atoms with Crippen molar-refractivity contribution < 1.29 is 15.3 Å². The van der Waals surface area contributed by atoms with Gasteiger partial charge in [-0.05, 0) is 19.1 Å². The van der Waals surface area contributed by atoms with E-state index >= 15 is 0 Å². The molecule has 0 spiro atoms. The number of aliphatic hydroxyl groups excluding tert-OH is 3. The molecule has 0 aliphatic rings. The molecule has 0 aliphatic heterocycles. The molecule has 1 rings (SSSR count). The Balaban J connectivity index is 2.89. The van der Waals surface area contributed by atoms with Crippen molar-refractivity contribution in [3.63, 3.8) is 0 Å². The van der Waals surface area contributed by atoms with Crippen molar-refractivity contribution in [2.24, 2.45) is 0 Å². The Kier molecular flexibility index (Phi) is 4.05. The number of nitrogens with one attached hydrogen (secondary N) is 1. The Morgan fingerprint density at radius 2 is 1.81 bits per heavy atom. The normalized spacial score (nSPS) is 11.5. The number of aliphatic hydroxyl groups is 3. The lowest BCUT2D eigenvalue weighted by molar-refractivity contribution is 0.0831. The molecule has 0 bridgehead atoms. The van der Waals surface area contributed by atoms with Crippen LogP contribution < -0.4 is 11.1 Å². The van der Waals surface area contributed by atoms with Gasteiger partial charge in [0, 0.05) is 0 Å². The molecular weight excluding hydrogens is 210 g/mol. The van der Waals surface area contributed by atoms with E-state index in [2.05, 4.69) is 10.3 Å². The van der Waals surface area contributed by atoms with E-state index in [4.69, 9.17) is 21.1 Å². The minimum absolute atomic E-state index is 0.398. The molecule has 1 heterocycles. The van der Waals surface area contributed by atoms with Crippen LogP contribution in [0.3, 0.4) is 0 Å². The highest BCUT2D eigenvalue weighted by molar-refractivity contribution is 5.50. The van der Waals surface area contributed by atoms with Crippen LogP contribution in [0.25, 0.3) is 0 Å². The molecule has 0 unspecified atom stereocenters. The molecule has 0 saturated heterocycles. The number of hydrogen-bond donors (Lipinski definition) is 5. The van der Waals surface area contributed by atoms with Crippen molar-refractivity contribution in [3.05, 3.63) is 17.8 Å². The first kappa shape index (κ1) is 12.7. The predicted molar refractivity (Wildman–Crippen MR) is 61.0 cm³/mol. The third-order valence-electron chi connectivity index (χ3n) is 2.43. The molecule has 6 N–H and O–H groups in total. The third-order valence-corrected chi connectivity index (χ3v) is 2.43. The SMILES string of the molecule is Cc1nc(NC(CO)(CO)CO)ccc1N. The van der Waals surface area contributed by atoms with Crippen LogP contribution >= 0.6 is 0 Å². The molecule has 0 fully saturated rings. The summed E-state index contributed by atoms with van der Waals surface area (Å²) in [6.45, 7) is 0.556. The standard InChI is InChI=1S/C10H17N3O3/c1-7-8(11)2-3-9(12-7)13-10(4-14,5-15)6-16/h2-3,14-16H,4-6,11H2,1H3,(H,12,13).